The minimum atomic E-state index is -1.12. The molecule has 86 valence electrons. The van der Waals surface area contributed by atoms with Crippen LogP contribution in [0, 0.1) is 11.3 Å². The molecule has 17 heavy (non-hydrogen) atoms. The molecule has 0 aliphatic rings. The Kier molecular flexibility index (Phi) is 2.60. The molecule has 0 saturated carbocycles. The van der Waals surface area contributed by atoms with Gasteiger partial charge in [-0.3, -0.25) is 0 Å². The van der Waals surface area contributed by atoms with Crippen LogP contribution >= 0.6 is 0 Å². The number of para-hydroxylation sites is 1. The predicted octanol–water partition coefficient (Wildman–Crippen LogP) is 3.16. The Labute approximate surface area is 98.7 Å². The van der Waals surface area contributed by atoms with E-state index < -0.39 is 6.09 Å². The lowest BCUT2D eigenvalue weighted by Crippen LogP contribution is -2.10. The van der Waals surface area contributed by atoms with Gasteiger partial charge in [-0.1, -0.05) is 32.0 Å². The van der Waals surface area contributed by atoms with E-state index in [-0.39, 0.29) is 11.6 Å². The molecule has 0 saturated heterocycles. The molecule has 0 atom stereocenters. The minimum Gasteiger partial charge on any atom is -0.464 e. The molecule has 0 amide bonds. The molecule has 1 aromatic heterocycles. The van der Waals surface area contributed by atoms with Crippen molar-refractivity contribution >= 4 is 17.0 Å². The van der Waals surface area contributed by atoms with Crippen LogP contribution in [0.1, 0.15) is 31.0 Å². The maximum Gasteiger partial charge on any atom is 0.417 e. The zero-order valence-electron chi connectivity index (χ0n) is 9.64. The number of carbonyl (C=O) groups is 1. The number of rotatable bonds is 1. The summed E-state index contributed by atoms with van der Waals surface area (Å²) in [6, 6.07) is 9.19. The van der Waals surface area contributed by atoms with Crippen LogP contribution in [-0.4, -0.2) is 15.8 Å². The first-order valence-corrected chi connectivity index (χ1v) is 5.34. The molecule has 1 N–H and O–H groups in total. The van der Waals surface area contributed by atoms with Crippen LogP contribution in [0.25, 0.3) is 10.9 Å². The van der Waals surface area contributed by atoms with Gasteiger partial charge in [0.05, 0.1) is 5.52 Å². The number of carboxylic acid groups (broad SMARTS) is 1. The zero-order valence-corrected chi connectivity index (χ0v) is 9.64. The highest BCUT2D eigenvalue weighted by Gasteiger charge is 2.22. The van der Waals surface area contributed by atoms with Gasteiger partial charge in [0.25, 0.3) is 0 Å². The Bertz CT molecular complexity index is 633. The number of hydrogen-bond donors (Lipinski definition) is 1. The maximum atomic E-state index is 11.2. The molecule has 0 radical (unpaired) electrons. The molecular weight excluding hydrogens is 216 g/mol. The van der Waals surface area contributed by atoms with Gasteiger partial charge >= 0.3 is 6.09 Å². The summed E-state index contributed by atoms with van der Waals surface area (Å²) < 4.78 is 1.06. The van der Waals surface area contributed by atoms with Crippen molar-refractivity contribution in [3.63, 3.8) is 0 Å². The van der Waals surface area contributed by atoms with Crippen molar-refractivity contribution in [2.75, 3.05) is 0 Å². The van der Waals surface area contributed by atoms with Gasteiger partial charge in [0.2, 0.25) is 0 Å². The van der Waals surface area contributed by atoms with Gasteiger partial charge in [-0.15, -0.1) is 0 Å². The van der Waals surface area contributed by atoms with Gasteiger partial charge in [-0.2, -0.15) is 5.26 Å². The molecule has 4 nitrogen and oxygen atoms in total. The molecule has 0 unspecified atom stereocenters. The molecule has 2 rings (SSSR count). The van der Waals surface area contributed by atoms with Gasteiger partial charge in [0.1, 0.15) is 11.8 Å². The van der Waals surface area contributed by atoms with E-state index in [0.717, 1.165) is 15.5 Å². The van der Waals surface area contributed by atoms with Gasteiger partial charge in [0, 0.05) is 5.39 Å². The summed E-state index contributed by atoms with van der Waals surface area (Å²) in [6.07, 6.45) is -1.12. The third kappa shape index (κ3) is 1.56. The number of hydrogen-bond acceptors (Lipinski definition) is 2. The number of fused-ring (bicyclic) bond motifs is 1. The van der Waals surface area contributed by atoms with Crippen LogP contribution in [0.3, 0.4) is 0 Å². The number of aromatic nitrogens is 1. The first-order chi connectivity index (χ1) is 8.07. The van der Waals surface area contributed by atoms with E-state index in [9.17, 15) is 9.90 Å². The van der Waals surface area contributed by atoms with Crippen molar-refractivity contribution in [3.8, 4) is 6.07 Å². The van der Waals surface area contributed by atoms with Crippen LogP contribution in [0.5, 0.6) is 0 Å². The van der Waals surface area contributed by atoms with Crippen molar-refractivity contribution in [1.29, 1.82) is 5.26 Å². The molecule has 0 spiro atoms. The fourth-order valence-electron chi connectivity index (χ4n) is 2.16. The molecule has 0 bridgehead atoms. The minimum absolute atomic E-state index is 0.107. The summed E-state index contributed by atoms with van der Waals surface area (Å²) >= 11 is 0. The highest BCUT2D eigenvalue weighted by molar-refractivity contribution is 5.94. The molecule has 4 heteroatoms. The second-order valence-electron chi connectivity index (χ2n) is 4.16. The average molecular weight is 228 g/mol. The number of benzene rings is 1. The smallest absolute Gasteiger partial charge is 0.417 e. The number of nitrogens with zero attached hydrogens (tertiary/aromatic N) is 2. The first-order valence-electron chi connectivity index (χ1n) is 5.34. The summed E-state index contributed by atoms with van der Waals surface area (Å²) in [4.78, 5) is 11.2. The molecule has 0 aliphatic carbocycles. The van der Waals surface area contributed by atoms with E-state index in [2.05, 4.69) is 0 Å². The van der Waals surface area contributed by atoms with E-state index in [0.29, 0.717) is 5.52 Å². The van der Waals surface area contributed by atoms with E-state index in [1.807, 2.05) is 32.0 Å². The third-order valence-electron chi connectivity index (χ3n) is 2.79. The van der Waals surface area contributed by atoms with Crippen molar-refractivity contribution in [2.24, 2.45) is 0 Å². The Morgan fingerprint density at radius 1 is 1.41 bits per heavy atom. The second kappa shape index (κ2) is 3.95. The van der Waals surface area contributed by atoms with Crippen LogP contribution < -0.4 is 0 Å². The fourth-order valence-corrected chi connectivity index (χ4v) is 2.16. The van der Waals surface area contributed by atoms with Crippen LogP contribution in [0.15, 0.2) is 24.3 Å². The summed E-state index contributed by atoms with van der Waals surface area (Å²) in [6.45, 7) is 3.91. The monoisotopic (exact) mass is 228 g/mol. The van der Waals surface area contributed by atoms with Crippen molar-refractivity contribution < 1.29 is 9.90 Å². The lowest BCUT2D eigenvalue weighted by Gasteiger charge is -2.03. The fraction of sp³-hybridized carbons (Fsp3) is 0.231. The average Bonchev–Trinajstić information content (AvgIpc) is 2.62. The predicted molar refractivity (Wildman–Crippen MR) is 64.2 cm³/mol. The van der Waals surface area contributed by atoms with E-state index in [1.165, 1.54) is 0 Å². The Hall–Kier alpha value is -2.28. The zero-order chi connectivity index (χ0) is 12.6. The van der Waals surface area contributed by atoms with Crippen LogP contribution in [-0.2, 0) is 0 Å². The maximum absolute atomic E-state index is 11.2. The summed E-state index contributed by atoms with van der Waals surface area (Å²) in [5, 5.41) is 19.2. The molecule has 0 fully saturated rings. The van der Waals surface area contributed by atoms with Gasteiger partial charge < -0.3 is 5.11 Å². The summed E-state index contributed by atoms with van der Waals surface area (Å²) in [5.41, 5.74) is 1.58. The van der Waals surface area contributed by atoms with Crippen molar-refractivity contribution in [3.05, 3.63) is 35.5 Å². The van der Waals surface area contributed by atoms with E-state index in [1.54, 1.807) is 12.1 Å². The third-order valence-corrected chi connectivity index (χ3v) is 2.79. The van der Waals surface area contributed by atoms with Crippen molar-refractivity contribution in [1.82, 2.24) is 4.57 Å². The van der Waals surface area contributed by atoms with Gasteiger partial charge in [0.15, 0.2) is 0 Å². The van der Waals surface area contributed by atoms with Crippen LogP contribution in [0.2, 0.25) is 0 Å². The molecular formula is C13H12N2O2. The Morgan fingerprint density at radius 3 is 2.59 bits per heavy atom. The lowest BCUT2D eigenvalue weighted by molar-refractivity contribution is 0.197. The lowest BCUT2D eigenvalue weighted by atomic mass is 10.00. The van der Waals surface area contributed by atoms with E-state index >= 15 is 0 Å². The molecule has 0 aliphatic heterocycles. The molecule has 1 aromatic carbocycles. The highest BCUT2D eigenvalue weighted by Crippen LogP contribution is 2.31. The van der Waals surface area contributed by atoms with Crippen LogP contribution in [0.4, 0.5) is 4.79 Å². The Balaban J connectivity index is 2.99. The topological polar surface area (TPSA) is 66.0 Å². The molecule has 2 aromatic rings. The first kappa shape index (κ1) is 11.2. The largest absolute Gasteiger partial charge is 0.464 e. The standard InChI is InChI=1S/C13H12N2O2/c1-8(2)12-9-5-3-4-6-10(9)15(13(16)17)11(12)7-14/h3-6,8H,1-2H3,(H,16,17). The summed E-state index contributed by atoms with van der Waals surface area (Å²) in [7, 11) is 0. The van der Waals surface area contributed by atoms with Gasteiger partial charge in [-0.25, -0.2) is 9.36 Å². The Morgan fingerprint density at radius 2 is 2.06 bits per heavy atom. The molecule has 1 heterocycles. The number of nitriles is 1. The van der Waals surface area contributed by atoms with Crippen molar-refractivity contribution in [2.45, 2.75) is 19.8 Å². The second-order valence-corrected chi connectivity index (χ2v) is 4.16. The summed E-state index contributed by atoms with van der Waals surface area (Å²) in [5.74, 6) is 0.107. The quantitative estimate of drug-likeness (QED) is 0.815. The highest BCUT2D eigenvalue weighted by atomic mass is 16.4. The normalized spacial score (nSPS) is 10.7. The van der Waals surface area contributed by atoms with E-state index in [4.69, 9.17) is 5.26 Å². The van der Waals surface area contributed by atoms with Gasteiger partial charge in [-0.05, 0) is 17.5 Å². The SMILES string of the molecule is CC(C)c1c(C#N)n(C(=O)O)c2ccccc12.